The number of anilines is 1. The minimum atomic E-state index is -0.938. The lowest BCUT2D eigenvalue weighted by molar-refractivity contribution is 0.0576. The predicted molar refractivity (Wildman–Crippen MR) is 91.0 cm³/mol. The summed E-state index contributed by atoms with van der Waals surface area (Å²) in [6.45, 7) is 7.18. The minimum absolute atomic E-state index is 0.0619. The van der Waals surface area contributed by atoms with Crippen LogP contribution >= 0.6 is 0 Å². The zero-order chi connectivity index (χ0) is 18.6. The summed E-state index contributed by atoms with van der Waals surface area (Å²) in [5.41, 5.74) is 0.690. The maximum atomic E-state index is 13.9. The monoisotopic (exact) mass is 345 g/mol. The fourth-order valence-corrected chi connectivity index (χ4v) is 2.11. The van der Waals surface area contributed by atoms with Crippen molar-refractivity contribution in [3.05, 3.63) is 53.2 Å². The van der Waals surface area contributed by atoms with Crippen molar-refractivity contribution in [2.24, 2.45) is 0 Å². The minimum Gasteiger partial charge on any atom is -0.443 e. The molecule has 2 rings (SSSR count). The van der Waals surface area contributed by atoms with Crippen LogP contribution in [0.4, 0.5) is 15.0 Å². The fraction of sp³-hybridized carbons (Fsp3) is 0.333. The molecule has 0 spiro atoms. The molecule has 0 aliphatic heterocycles. The van der Waals surface area contributed by atoms with Gasteiger partial charge in [-0.1, -0.05) is 0 Å². The Hall–Kier alpha value is -2.83. The number of amides is 1. The summed E-state index contributed by atoms with van der Waals surface area (Å²) in [6, 6.07) is 6.25. The topological polar surface area (TPSA) is 72.4 Å². The van der Waals surface area contributed by atoms with Crippen LogP contribution in [0, 0.1) is 12.9 Å². The third-order valence-electron chi connectivity index (χ3n) is 3.18. The first kappa shape index (κ1) is 18.5. The van der Waals surface area contributed by atoms with Gasteiger partial charge in [0.25, 0.3) is 0 Å². The second kappa shape index (κ2) is 7.38. The predicted octanol–water partition coefficient (Wildman–Crippen LogP) is 3.68. The highest BCUT2D eigenvalue weighted by molar-refractivity contribution is 5.87. The molecule has 1 amide bonds. The van der Waals surface area contributed by atoms with Gasteiger partial charge in [0.05, 0.1) is 12.1 Å². The van der Waals surface area contributed by atoms with Crippen molar-refractivity contribution < 1.29 is 18.7 Å². The molecule has 2 heterocycles. The van der Waals surface area contributed by atoms with E-state index in [1.165, 1.54) is 17.0 Å². The van der Waals surface area contributed by atoms with Crippen LogP contribution in [0.5, 0.6) is 0 Å². The normalized spacial score (nSPS) is 11.1. The van der Waals surface area contributed by atoms with Gasteiger partial charge in [-0.25, -0.2) is 9.78 Å². The van der Waals surface area contributed by atoms with Gasteiger partial charge in [0.1, 0.15) is 11.4 Å². The summed E-state index contributed by atoms with van der Waals surface area (Å²) < 4.78 is 19.3. The van der Waals surface area contributed by atoms with E-state index in [1.807, 2.05) is 13.0 Å². The first-order chi connectivity index (χ1) is 11.7. The number of carbonyl (C=O) groups excluding carboxylic acids is 2. The van der Waals surface area contributed by atoms with Crippen molar-refractivity contribution in [3.63, 3.8) is 0 Å². The van der Waals surface area contributed by atoms with E-state index < -0.39 is 17.6 Å². The third-order valence-corrected chi connectivity index (χ3v) is 3.18. The first-order valence-electron chi connectivity index (χ1n) is 7.73. The van der Waals surface area contributed by atoms with Gasteiger partial charge in [-0.05, 0) is 57.5 Å². The smallest absolute Gasteiger partial charge is 0.416 e. The molecule has 132 valence electrons. The highest BCUT2D eigenvalue weighted by Crippen LogP contribution is 2.20. The van der Waals surface area contributed by atoms with E-state index in [0.717, 1.165) is 11.3 Å². The molecule has 0 aromatic carbocycles. The maximum absolute atomic E-state index is 13.9. The largest absolute Gasteiger partial charge is 0.443 e. The Balaban J connectivity index is 2.39. The second-order valence-electron chi connectivity index (χ2n) is 6.54. The number of halogens is 1. The number of nitrogens with zero attached hydrogens (tertiary/aromatic N) is 3. The highest BCUT2D eigenvalue weighted by Gasteiger charge is 2.25. The van der Waals surface area contributed by atoms with Crippen LogP contribution in [-0.4, -0.2) is 27.9 Å². The van der Waals surface area contributed by atoms with Crippen LogP contribution in [0.3, 0.4) is 0 Å². The van der Waals surface area contributed by atoms with Crippen molar-refractivity contribution in [1.29, 1.82) is 0 Å². The lowest BCUT2D eigenvalue weighted by atomic mass is 10.2. The van der Waals surface area contributed by atoms with Crippen LogP contribution in [-0.2, 0) is 11.3 Å². The molecule has 25 heavy (non-hydrogen) atoms. The van der Waals surface area contributed by atoms with Crippen LogP contribution in [0.25, 0.3) is 0 Å². The second-order valence-corrected chi connectivity index (χ2v) is 6.54. The van der Waals surface area contributed by atoms with E-state index in [0.29, 0.717) is 6.29 Å². The standard InChI is InChI=1S/C18H20FN3O3/c1-12-9-13(7-8-20-12)10-22(17(24)25-18(2,3)4)15-6-5-14(11-23)16(19)21-15/h5-9,11H,10H2,1-4H3. The number of aldehydes is 1. The molecular weight excluding hydrogens is 325 g/mol. The molecule has 0 aliphatic rings. The van der Waals surface area contributed by atoms with Crippen molar-refractivity contribution >= 4 is 18.2 Å². The zero-order valence-electron chi connectivity index (χ0n) is 14.6. The zero-order valence-corrected chi connectivity index (χ0v) is 14.6. The molecule has 0 bridgehead atoms. The molecule has 0 N–H and O–H groups in total. The Morgan fingerprint density at radius 3 is 2.60 bits per heavy atom. The molecule has 0 fully saturated rings. The van der Waals surface area contributed by atoms with E-state index in [9.17, 15) is 14.0 Å². The van der Waals surface area contributed by atoms with Crippen LogP contribution in [0.15, 0.2) is 30.5 Å². The number of rotatable bonds is 4. The number of aryl methyl sites for hydroxylation is 1. The first-order valence-corrected chi connectivity index (χ1v) is 7.73. The SMILES string of the molecule is Cc1cc(CN(C(=O)OC(C)(C)C)c2ccc(C=O)c(F)n2)ccn1. The van der Waals surface area contributed by atoms with Gasteiger partial charge < -0.3 is 4.74 Å². The van der Waals surface area contributed by atoms with Crippen molar-refractivity contribution in [2.75, 3.05) is 4.90 Å². The number of aromatic nitrogens is 2. The third kappa shape index (κ3) is 5.07. The Bertz CT molecular complexity index is 787. The molecular formula is C18H20FN3O3. The summed E-state index contributed by atoms with van der Waals surface area (Å²) in [5.74, 6) is -0.876. The Kier molecular flexibility index (Phi) is 5.46. The quantitative estimate of drug-likeness (QED) is 0.624. The molecule has 2 aromatic rings. The summed E-state index contributed by atoms with van der Waals surface area (Å²) in [4.78, 5) is 32.4. The number of pyridine rings is 2. The van der Waals surface area contributed by atoms with Gasteiger partial charge in [0.15, 0.2) is 6.29 Å². The molecule has 7 heteroatoms. The lowest BCUT2D eigenvalue weighted by Gasteiger charge is -2.27. The van der Waals surface area contributed by atoms with Crippen molar-refractivity contribution in [3.8, 4) is 0 Å². The molecule has 0 radical (unpaired) electrons. The van der Waals surface area contributed by atoms with E-state index in [2.05, 4.69) is 9.97 Å². The van der Waals surface area contributed by atoms with Crippen LogP contribution in [0.1, 0.15) is 42.4 Å². The highest BCUT2D eigenvalue weighted by atomic mass is 19.1. The summed E-state index contributed by atoms with van der Waals surface area (Å²) in [6.07, 6.45) is 1.34. The number of hydrogen-bond donors (Lipinski definition) is 0. The summed E-state index contributed by atoms with van der Waals surface area (Å²) >= 11 is 0. The summed E-state index contributed by atoms with van der Waals surface area (Å²) in [7, 11) is 0. The van der Waals surface area contributed by atoms with Gasteiger partial charge in [-0.15, -0.1) is 0 Å². The Labute approximate surface area is 145 Å². The van der Waals surface area contributed by atoms with Crippen LogP contribution in [0.2, 0.25) is 0 Å². The van der Waals surface area contributed by atoms with E-state index in [-0.39, 0.29) is 17.9 Å². The number of carbonyl (C=O) groups is 2. The van der Waals surface area contributed by atoms with E-state index in [1.54, 1.807) is 33.0 Å². The Morgan fingerprint density at radius 2 is 2.04 bits per heavy atom. The molecule has 0 saturated heterocycles. The maximum Gasteiger partial charge on any atom is 0.416 e. The molecule has 2 aromatic heterocycles. The molecule has 6 nitrogen and oxygen atoms in total. The summed E-state index contributed by atoms with van der Waals surface area (Å²) in [5, 5.41) is 0. The molecule has 0 unspecified atom stereocenters. The van der Waals surface area contributed by atoms with Gasteiger partial charge in [0.2, 0.25) is 5.95 Å². The van der Waals surface area contributed by atoms with E-state index >= 15 is 0 Å². The molecule has 0 atom stereocenters. The van der Waals surface area contributed by atoms with Gasteiger partial charge >= 0.3 is 6.09 Å². The van der Waals surface area contributed by atoms with Gasteiger partial charge in [0, 0.05) is 11.9 Å². The molecule has 0 aliphatic carbocycles. The Morgan fingerprint density at radius 1 is 1.32 bits per heavy atom. The van der Waals surface area contributed by atoms with Crippen LogP contribution < -0.4 is 4.90 Å². The van der Waals surface area contributed by atoms with Crippen molar-refractivity contribution in [1.82, 2.24) is 9.97 Å². The number of hydrogen-bond acceptors (Lipinski definition) is 5. The lowest BCUT2D eigenvalue weighted by Crippen LogP contribution is -2.37. The average molecular weight is 345 g/mol. The van der Waals surface area contributed by atoms with E-state index in [4.69, 9.17) is 4.74 Å². The van der Waals surface area contributed by atoms with Gasteiger partial charge in [-0.2, -0.15) is 4.39 Å². The average Bonchev–Trinajstić information content (AvgIpc) is 2.51. The fourth-order valence-electron chi connectivity index (χ4n) is 2.11. The van der Waals surface area contributed by atoms with Gasteiger partial charge in [-0.3, -0.25) is 14.7 Å². The molecule has 0 saturated carbocycles. The van der Waals surface area contributed by atoms with Crippen molar-refractivity contribution in [2.45, 2.75) is 39.8 Å². The number of ether oxygens (including phenoxy) is 1.